The predicted molar refractivity (Wildman–Crippen MR) is 95.8 cm³/mol. The van der Waals surface area contributed by atoms with Gasteiger partial charge in [-0.2, -0.15) is 4.31 Å². The molecule has 1 aromatic heterocycles. The summed E-state index contributed by atoms with van der Waals surface area (Å²) < 4.78 is 27.1. The van der Waals surface area contributed by atoms with E-state index in [1.165, 1.54) is 24.3 Å². The van der Waals surface area contributed by atoms with Crippen molar-refractivity contribution < 1.29 is 13.2 Å². The molecule has 2 heterocycles. The fourth-order valence-electron chi connectivity index (χ4n) is 2.98. The van der Waals surface area contributed by atoms with Crippen molar-refractivity contribution in [3.8, 4) is 0 Å². The Bertz CT molecular complexity index is 836. The first kappa shape index (κ1) is 17.6. The number of sulfonamides is 1. The maximum atomic E-state index is 12.8. The predicted octanol–water partition coefficient (Wildman–Crippen LogP) is 2.90. The largest absolute Gasteiger partial charge is 0.322 e. The van der Waals surface area contributed by atoms with Crippen molar-refractivity contribution in [2.45, 2.75) is 37.1 Å². The smallest absolute Gasteiger partial charge is 0.255 e. The molecule has 0 saturated carbocycles. The lowest BCUT2D eigenvalue weighted by Crippen LogP contribution is -2.41. The van der Waals surface area contributed by atoms with E-state index in [-0.39, 0.29) is 16.8 Å². The third-order valence-electron chi connectivity index (χ3n) is 4.40. The molecule has 1 unspecified atom stereocenters. The average molecular weight is 359 g/mol. The standard InChI is InChI=1S/C18H21N3O3S/c1-14-4-2-3-13-21(14)25(23,24)17-7-5-15(6-8-17)18(22)20-16-9-11-19-12-10-16/h5-12,14H,2-4,13H2,1H3,(H,19,20,22). The molecule has 1 aliphatic heterocycles. The molecule has 1 aromatic carbocycles. The van der Waals surface area contributed by atoms with Gasteiger partial charge in [-0.3, -0.25) is 9.78 Å². The molecule has 3 rings (SSSR count). The lowest BCUT2D eigenvalue weighted by atomic mass is 10.1. The molecule has 7 heteroatoms. The number of aromatic nitrogens is 1. The summed E-state index contributed by atoms with van der Waals surface area (Å²) in [6.45, 7) is 2.49. The van der Waals surface area contributed by atoms with E-state index in [1.54, 1.807) is 28.8 Å². The van der Waals surface area contributed by atoms with Gasteiger partial charge in [0.25, 0.3) is 5.91 Å². The fourth-order valence-corrected chi connectivity index (χ4v) is 4.68. The number of carbonyl (C=O) groups is 1. The maximum Gasteiger partial charge on any atom is 0.255 e. The molecule has 1 saturated heterocycles. The summed E-state index contributed by atoms with van der Waals surface area (Å²) in [5.74, 6) is -0.290. The number of pyridine rings is 1. The minimum absolute atomic E-state index is 0.00779. The Kier molecular flexibility index (Phi) is 5.15. The van der Waals surface area contributed by atoms with E-state index in [4.69, 9.17) is 0 Å². The molecule has 1 amide bonds. The zero-order valence-corrected chi connectivity index (χ0v) is 14.9. The van der Waals surface area contributed by atoms with Gasteiger partial charge in [0.2, 0.25) is 10.0 Å². The number of rotatable bonds is 4. The molecule has 25 heavy (non-hydrogen) atoms. The second-order valence-corrected chi connectivity index (χ2v) is 8.07. The van der Waals surface area contributed by atoms with Crippen molar-refractivity contribution in [2.24, 2.45) is 0 Å². The van der Waals surface area contributed by atoms with Gasteiger partial charge in [-0.25, -0.2) is 8.42 Å². The van der Waals surface area contributed by atoms with Gasteiger partial charge in [0, 0.05) is 36.2 Å². The molecule has 0 aliphatic carbocycles. The molecular formula is C18H21N3O3S. The van der Waals surface area contributed by atoms with Crippen LogP contribution in [0.25, 0.3) is 0 Å². The minimum atomic E-state index is -3.52. The summed E-state index contributed by atoms with van der Waals surface area (Å²) in [5.41, 5.74) is 1.04. The number of hydrogen-bond acceptors (Lipinski definition) is 4. The van der Waals surface area contributed by atoms with Gasteiger partial charge >= 0.3 is 0 Å². The van der Waals surface area contributed by atoms with Crippen LogP contribution in [0.2, 0.25) is 0 Å². The number of nitrogens with zero attached hydrogens (tertiary/aromatic N) is 2. The molecule has 6 nitrogen and oxygen atoms in total. The first-order valence-corrected chi connectivity index (χ1v) is 9.76. The van der Waals surface area contributed by atoms with E-state index in [2.05, 4.69) is 10.3 Å². The summed E-state index contributed by atoms with van der Waals surface area (Å²) in [6.07, 6.45) is 6.00. The molecule has 0 bridgehead atoms. The van der Waals surface area contributed by atoms with Gasteiger partial charge < -0.3 is 5.32 Å². The molecular weight excluding hydrogens is 338 g/mol. The molecule has 1 N–H and O–H groups in total. The highest BCUT2D eigenvalue weighted by Crippen LogP contribution is 2.25. The SMILES string of the molecule is CC1CCCCN1S(=O)(=O)c1ccc(C(=O)Nc2ccncc2)cc1. The number of amides is 1. The lowest BCUT2D eigenvalue weighted by Gasteiger charge is -2.32. The first-order chi connectivity index (χ1) is 12.0. The van der Waals surface area contributed by atoms with Crippen LogP contribution in [0.4, 0.5) is 5.69 Å². The van der Waals surface area contributed by atoms with Crippen LogP contribution >= 0.6 is 0 Å². The highest BCUT2D eigenvalue weighted by atomic mass is 32.2. The molecule has 1 fully saturated rings. The molecule has 2 aromatic rings. The molecule has 132 valence electrons. The lowest BCUT2D eigenvalue weighted by molar-refractivity contribution is 0.102. The number of carbonyl (C=O) groups excluding carboxylic acids is 1. The van der Waals surface area contributed by atoms with Gasteiger partial charge in [0.15, 0.2) is 0 Å². The quantitative estimate of drug-likeness (QED) is 0.910. The number of hydrogen-bond donors (Lipinski definition) is 1. The maximum absolute atomic E-state index is 12.8. The third kappa shape index (κ3) is 3.88. The van der Waals surface area contributed by atoms with Crippen molar-refractivity contribution in [1.82, 2.24) is 9.29 Å². The topological polar surface area (TPSA) is 79.4 Å². The van der Waals surface area contributed by atoms with E-state index in [1.807, 2.05) is 6.92 Å². The van der Waals surface area contributed by atoms with Gasteiger partial charge in [0.05, 0.1) is 4.90 Å². The van der Waals surface area contributed by atoms with Gasteiger partial charge in [0.1, 0.15) is 0 Å². The minimum Gasteiger partial charge on any atom is -0.322 e. The van der Waals surface area contributed by atoms with Crippen LogP contribution in [0.1, 0.15) is 36.5 Å². The Morgan fingerprint density at radius 1 is 1.12 bits per heavy atom. The molecule has 1 aliphatic rings. The van der Waals surface area contributed by atoms with E-state index in [9.17, 15) is 13.2 Å². The second kappa shape index (κ2) is 7.33. The number of piperidine rings is 1. The molecule has 1 atom stereocenters. The Morgan fingerprint density at radius 3 is 2.44 bits per heavy atom. The summed E-state index contributed by atoms with van der Waals surface area (Å²) >= 11 is 0. The summed E-state index contributed by atoms with van der Waals surface area (Å²) in [7, 11) is -3.52. The number of nitrogens with one attached hydrogen (secondary N) is 1. The van der Waals surface area contributed by atoms with Crippen LogP contribution < -0.4 is 5.32 Å². The van der Waals surface area contributed by atoms with E-state index in [0.717, 1.165) is 19.3 Å². The Morgan fingerprint density at radius 2 is 1.80 bits per heavy atom. The Hall–Kier alpha value is -2.25. The van der Waals surface area contributed by atoms with Crippen LogP contribution in [0, 0.1) is 0 Å². The summed E-state index contributed by atoms with van der Waals surface area (Å²) in [5, 5.41) is 2.75. The van der Waals surface area contributed by atoms with E-state index < -0.39 is 10.0 Å². The summed E-state index contributed by atoms with van der Waals surface area (Å²) in [6, 6.07) is 9.46. The average Bonchev–Trinajstić information content (AvgIpc) is 2.63. The number of anilines is 1. The highest BCUT2D eigenvalue weighted by Gasteiger charge is 2.30. The van der Waals surface area contributed by atoms with Crippen molar-refractivity contribution in [1.29, 1.82) is 0 Å². The Labute approximate surface area is 147 Å². The third-order valence-corrected chi connectivity index (χ3v) is 6.43. The van der Waals surface area contributed by atoms with Crippen LogP contribution in [-0.4, -0.2) is 36.2 Å². The Balaban J connectivity index is 1.76. The molecule has 0 spiro atoms. The zero-order valence-electron chi connectivity index (χ0n) is 14.1. The van der Waals surface area contributed by atoms with Gasteiger partial charge in [-0.05, 0) is 56.2 Å². The zero-order chi connectivity index (χ0) is 17.9. The fraction of sp³-hybridized carbons (Fsp3) is 0.333. The van der Waals surface area contributed by atoms with Crippen molar-refractivity contribution in [3.05, 3.63) is 54.4 Å². The van der Waals surface area contributed by atoms with Gasteiger partial charge in [-0.15, -0.1) is 0 Å². The van der Waals surface area contributed by atoms with Crippen LogP contribution in [0.3, 0.4) is 0 Å². The normalized spacial score (nSPS) is 18.7. The van der Waals surface area contributed by atoms with E-state index >= 15 is 0 Å². The van der Waals surface area contributed by atoms with E-state index in [0.29, 0.717) is 17.8 Å². The van der Waals surface area contributed by atoms with Crippen molar-refractivity contribution in [2.75, 3.05) is 11.9 Å². The number of benzene rings is 1. The first-order valence-electron chi connectivity index (χ1n) is 8.32. The molecule has 0 radical (unpaired) electrons. The van der Waals surface area contributed by atoms with Gasteiger partial charge in [-0.1, -0.05) is 6.42 Å². The summed E-state index contributed by atoms with van der Waals surface area (Å²) in [4.78, 5) is 16.4. The van der Waals surface area contributed by atoms with Crippen LogP contribution in [0.5, 0.6) is 0 Å². The second-order valence-electron chi connectivity index (χ2n) is 6.17. The van der Waals surface area contributed by atoms with Crippen LogP contribution in [-0.2, 0) is 10.0 Å². The highest BCUT2D eigenvalue weighted by molar-refractivity contribution is 7.89. The van der Waals surface area contributed by atoms with Crippen LogP contribution in [0.15, 0.2) is 53.7 Å². The van der Waals surface area contributed by atoms with Crippen molar-refractivity contribution >= 4 is 21.6 Å². The van der Waals surface area contributed by atoms with Crippen molar-refractivity contribution in [3.63, 3.8) is 0 Å². The monoisotopic (exact) mass is 359 g/mol.